The summed E-state index contributed by atoms with van der Waals surface area (Å²) in [7, 11) is 0. The van der Waals surface area contributed by atoms with E-state index in [0.717, 1.165) is 30.6 Å². The first-order valence-corrected chi connectivity index (χ1v) is 9.49. The molecule has 0 saturated carbocycles. The van der Waals surface area contributed by atoms with Gasteiger partial charge in [0.1, 0.15) is 6.61 Å². The van der Waals surface area contributed by atoms with Crippen molar-refractivity contribution in [1.82, 2.24) is 0 Å². The molecule has 0 aliphatic rings. The largest absolute Gasteiger partial charge is 1.00 e. The van der Waals surface area contributed by atoms with Crippen molar-refractivity contribution in [2.24, 2.45) is 5.16 Å². The number of hydrogen-bond donors (Lipinski definition) is 0. The van der Waals surface area contributed by atoms with Crippen LogP contribution in [-0.2, 0) is 24.5 Å². The molecule has 0 bridgehead atoms. The Morgan fingerprint density at radius 3 is 2.00 bits per heavy atom. The van der Waals surface area contributed by atoms with E-state index >= 15 is 0 Å². The number of nitrogens with zero attached hydrogens (tertiary/aromatic N) is 3. The first-order valence-electron chi connectivity index (χ1n) is 8.74. The van der Waals surface area contributed by atoms with Crippen molar-refractivity contribution in [1.29, 1.82) is 0 Å². The SMILES string of the molecule is Clc1cccc(Cl)c1CO/N=C/c1cc[n+](CCC[n+]2ccccc2)cc1.[Br-].[Br-]. The minimum Gasteiger partial charge on any atom is -1.00 e. The second-order valence-corrected chi connectivity index (χ2v) is 6.86. The van der Waals surface area contributed by atoms with Gasteiger partial charge < -0.3 is 38.8 Å². The van der Waals surface area contributed by atoms with Crippen LogP contribution in [0, 0.1) is 0 Å². The number of aryl methyl sites for hydroxylation is 2. The number of aromatic nitrogens is 2. The summed E-state index contributed by atoms with van der Waals surface area (Å²) in [5.41, 5.74) is 1.70. The molecule has 0 atom stereocenters. The van der Waals surface area contributed by atoms with Crippen molar-refractivity contribution in [3.05, 3.63) is 94.5 Å². The van der Waals surface area contributed by atoms with Gasteiger partial charge in [-0.1, -0.05) is 40.5 Å². The molecular weight excluding hydrogens is 541 g/mol. The van der Waals surface area contributed by atoms with E-state index in [1.807, 2.05) is 42.7 Å². The van der Waals surface area contributed by atoms with Gasteiger partial charge in [-0.25, -0.2) is 9.13 Å². The fourth-order valence-electron chi connectivity index (χ4n) is 2.59. The predicted molar refractivity (Wildman–Crippen MR) is 107 cm³/mol. The molecule has 0 N–H and O–H groups in total. The minimum atomic E-state index is 0. The van der Waals surface area contributed by atoms with Crippen molar-refractivity contribution < 1.29 is 47.9 Å². The van der Waals surface area contributed by atoms with E-state index in [1.54, 1.807) is 24.4 Å². The molecule has 0 saturated heterocycles. The summed E-state index contributed by atoms with van der Waals surface area (Å²) >= 11 is 12.2. The molecule has 0 aliphatic heterocycles. The summed E-state index contributed by atoms with van der Waals surface area (Å²) in [5, 5.41) is 5.15. The zero-order valence-corrected chi connectivity index (χ0v) is 20.3. The van der Waals surface area contributed by atoms with E-state index < -0.39 is 0 Å². The summed E-state index contributed by atoms with van der Waals surface area (Å²) < 4.78 is 4.34. The molecule has 0 amide bonds. The van der Waals surface area contributed by atoms with Crippen LogP contribution in [0.5, 0.6) is 0 Å². The molecule has 0 fully saturated rings. The molecule has 8 heteroatoms. The van der Waals surface area contributed by atoms with E-state index in [9.17, 15) is 0 Å². The van der Waals surface area contributed by atoms with E-state index in [1.165, 1.54) is 0 Å². The van der Waals surface area contributed by atoms with Gasteiger partial charge in [0.25, 0.3) is 0 Å². The van der Waals surface area contributed by atoms with Crippen LogP contribution in [0.25, 0.3) is 0 Å². The Kier molecular flexibility index (Phi) is 12.1. The Labute approximate surface area is 202 Å². The quantitative estimate of drug-likeness (QED) is 0.182. The molecular formula is C21H21Br2Cl2N3O. The lowest BCUT2D eigenvalue weighted by molar-refractivity contribution is -0.726. The zero-order chi connectivity index (χ0) is 18.9. The fourth-order valence-corrected chi connectivity index (χ4v) is 3.10. The van der Waals surface area contributed by atoms with Crippen LogP contribution in [0.2, 0.25) is 10.0 Å². The monoisotopic (exact) mass is 559 g/mol. The highest BCUT2D eigenvalue weighted by Gasteiger charge is 2.06. The summed E-state index contributed by atoms with van der Waals surface area (Å²) in [5.74, 6) is 0. The molecule has 0 spiro atoms. The van der Waals surface area contributed by atoms with Crippen molar-refractivity contribution >= 4 is 29.4 Å². The van der Waals surface area contributed by atoms with Crippen molar-refractivity contribution in [2.45, 2.75) is 26.1 Å². The number of pyridine rings is 2. The van der Waals surface area contributed by atoms with Gasteiger partial charge >= 0.3 is 0 Å². The normalized spacial score (nSPS) is 10.3. The standard InChI is InChI=1S/C21H21Cl2N3O.2BrH/c22-20-6-4-7-21(23)19(20)17-27-24-16-18-8-14-26(15-9-18)13-5-12-25-10-2-1-3-11-25;;/h1-4,6-11,14-16H,5,12-13,17H2;2*1H/q+2;;/p-2/b24-16+;;. The van der Waals surface area contributed by atoms with Crippen LogP contribution in [-0.4, -0.2) is 6.21 Å². The van der Waals surface area contributed by atoms with Gasteiger partial charge in [-0.15, -0.1) is 0 Å². The van der Waals surface area contributed by atoms with E-state index in [2.05, 4.69) is 26.7 Å². The van der Waals surface area contributed by atoms with E-state index in [4.69, 9.17) is 28.0 Å². The molecule has 2 aromatic heterocycles. The Bertz CT molecular complexity index is 874. The highest BCUT2D eigenvalue weighted by atomic mass is 79.9. The summed E-state index contributed by atoms with van der Waals surface area (Å²) in [6.45, 7) is 2.19. The predicted octanol–water partition coefficient (Wildman–Crippen LogP) is -1.78. The van der Waals surface area contributed by atoms with Gasteiger partial charge in [-0.3, -0.25) is 0 Å². The summed E-state index contributed by atoms with van der Waals surface area (Å²) in [6, 6.07) is 15.5. The Morgan fingerprint density at radius 2 is 1.38 bits per heavy atom. The van der Waals surface area contributed by atoms with Crippen molar-refractivity contribution in [3.8, 4) is 0 Å². The highest BCUT2D eigenvalue weighted by molar-refractivity contribution is 6.35. The smallest absolute Gasteiger partial charge is 0.169 e. The lowest BCUT2D eigenvalue weighted by atomic mass is 10.2. The minimum absolute atomic E-state index is 0. The van der Waals surface area contributed by atoms with Crippen LogP contribution in [0.3, 0.4) is 0 Å². The topological polar surface area (TPSA) is 29.3 Å². The maximum absolute atomic E-state index is 6.10. The molecule has 29 heavy (non-hydrogen) atoms. The molecule has 3 aromatic rings. The van der Waals surface area contributed by atoms with Crippen LogP contribution in [0.1, 0.15) is 17.5 Å². The van der Waals surface area contributed by atoms with Crippen LogP contribution in [0.4, 0.5) is 0 Å². The molecule has 3 rings (SSSR count). The first kappa shape index (κ1) is 25.6. The van der Waals surface area contributed by atoms with E-state index in [0.29, 0.717) is 10.0 Å². The number of halogens is 4. The number of benzene rings is 1. The number of rotatable bonds is 8. The second-order valence-electron chi connectivity index (χ2n) is 6.04. The van der Waals surface area contributed by atoms with Crippen LogP contribution in [0.15, 0.2) is 78.5 Å². The summed E-state index contributed by atoms with van der Waals surface area (Å²) in [4.78, 5) is 5.32. The maximum Gasteiger partial charge on any atom is 0.169 e. The lowest BCUT2D eigenvalue weighted by Gasteiger charge is -2.04. The summed E-state index contributed by atoms with van der Waals surface area (Å²) in [6.07, 6.45) is 11.0. The third-order valence-electron chi connectivity index (χ3n) is 4.07. The van der Waals surface area contributed by atoms with Crippen LogP contribution < -0.4 is 43.1 Å². The van der Waals surface area contributed by atoms with E-state index in [-0.39, 0.29) is 40.6 Å². The van der Waals surface area contributed by atoms with Gasteiger partial charge in [0.2, 0.25) is 0 Å². The fraction of sp³-hybridized carbons (Fsp3) is 0.190. The van der Waals surface area contributed by atoms with Gasteiger partial charge in [0, 0.05) is 45.4 Å². The molecule has 0 unspecified atom stereocenters. The molecule has 4 nitrogen and oxygen atoms in total. The van der Waals surface area contributed by atoms with Gasteiger partial charge in [-0.2, -0.15) is 0 Å². The Balaban J connectivity index is 0.00000210. The van der Waals surface area contributed by atoms with Crippen molar-refractivity contribution in [3.63, 3.8) is 0 Å². The number of oxime groups is 1. The number of hydrogen-bond acceptors (Lipinski definition) is 2. The Morgan fingerprint density at radius 1 is 0.793 bits per heavy atom. The third kappa shape index (κ3) is 8.42. The maximum atomic E-state index is 6.10. The third-order valence-corrected chi connectivity index (χ3v) is 4.78. The molecule has 154 valence electrons. The molecule has 1 aromatic carbocycles. The average molecular weight is 562 g/mol. The second kappa shape index (κ2) is 13.7. The van der Waals surface area contributed by atoms with Gasteiger partial charge in [0.05, 0.1) is 12.6 Å². The molecule has 0 radical (unpaired) electrons. The van der Waals surface area contributed by atoms with Crippen LogP contribution >= 0.6 is 23.2 Å². The molecule has 0 aliphatic carbocycles. The van der Waals surface area contributed by atoms with Gasteiger partial charge in [-0.05, 0) is 12.1 Å². The first-order chi connectivity index (χ1) is 13.2. The zero-order valence-electron chi connectivity index (χ0n) is 15.6. The average Bonchev–Trinajstić information content (AvgIpc) is 2.69. The lowest BCUT2D eigenvalue weighted by Crippen LogP contribution is -3.00. The molecule has 2 heterocycles. The van der Waals surface area contributed by atoms with Crippen molar-refractivity contribution in [2.75, 3.05) is 0 Å². The highest BCUT2D eigenvalue weighted by Crippen LogP contribution is 2.24. The van der Waals surface area contributed by atoms with Gasteiger partial charge in [0.15, 0.2) is 37.9 Å². The Hall–Kier alpha value is -1.47.